The lowest BCUT2D eigenvalue weighted by Crippen LogP contribution is -2.61. The van der Waals surface area contributed by atoms with Crippen molar-refractivity contribution in [2.45, 2.75) is 186 Å². The number of hydrogen-bond acceptors (Lipinski definition) is 13. The molecule has 0 aliphatic carbocycles. The summed E-state index contributed by atoms with van der Waals surface area (Å²) in [7, 11) is 3.35. The minimum atomic E-state index is -1.50. The number of esters is 1. The maximum atomic E-state index is 14.1. The van der Waals surface area contributed by atoms with Crippen LogP contribution in [0.25, 0.3) is 0 Å². The zero-order valence-electron chi connectivity index (χ0n) is 33.3. The standard InChI is InChI=1S/C38H71NO12/c1-13-28-36(8,44)18-21(2)16-22(3)19-37(9,45)33(51-35-30(41)27(17-23(4)47-35)39(11)14-15-40)24(5)31(25(6)34(43)49-28)50-29-20-38(10,46-12)32(42)26(7)48-29/h21-33,35,40-42,44-45H,13-20H2,1-12H3/t21-,22-,23+,24-,25+,26-,27-,28+,29-,30+,31-,32-,33+,35-,36-,37?,38+/m0/s1. The number of aliphatic hydroxyl groups excluding tert-OH is 3. The number of rotatable bonds is 9. The average molecular weight is 734 g/mol. The lowest BCUT2D eigenvalue weighted by molar-refractivity contribution is -0.318. The van der Waals surface area contributed by atoms with Gasteiger partial charge in [-0.15, -0.1) is 0 Å². The van der Waals surface area contributed by atoms with Gasteiger partial charge in [-0.1, -0.05) is 27.7 Å². The fraction of sp³-hybridized carbons (Fsp3) is 0.974. The van der Waals surface area contributed by atoms with Crippen LogP contribution in [-0.2, 0) is 33.2 Å². The van der Waals surface area contributed by atoms with Crippen LogP contribution in [0.5, 0.6) is 0 Å². The number of hydrogen-bond donors (Lipinski definition) is 5. The number of nitrogens with zero attached hydrogens (tertiary/aromatic N) is 1. The number of likely N-dealkylation sites (N-methyl/N-ethyl adjacent to an activating group) is 1. The number of methoxy groups -OCH3 is 1. The average Bonchev–Trinajstić information content (AvgIpc) is 3.03. The van der Waals surface area contributed by atoms with E-state index in [0.29, 0.717) is 38.6 Å². The molecule has 300 valence electrons. The van der Waals surface area contributed by atoms with E-state index in [-0.39, 0.29) is 37.0 Å². The Morgan fingerprint density at radius 1 is 0.902 bits per heavy atom. The third-order valence-electron chi connectivity index (χ3n) is 11.8. The summed E-state index contributed by atoms with van der Waals surface area (Å²) in [6.45, 7) is 18.6. The van der Waals surface area contributed by atoms with Gasteiger partial charge in [-0.25, -0.2) is 0 Å². The Hall–Kier alpha value is -0.970. The molecule has 51 heavy (non-hydrogen) atoms. The van der Waals surface area contributed by atoms with E-state index in [1.165, 1.54) is 7.11 Å². The second kappa shape index (κ2) is 18.1. The zero-order valence-corrected chi connectivity index (χ0v) is 33.3. The molecule has 0 radical (unpaired) electrons. The van der Waals surface area contributed by atoms with Gasteiger partial charge in [0, 0.05) is 32.0 Å². The first-order valence-electron chi connectivity index (χ1n) is 19.1. The van der Waals surface area contributed by atoms with Crippen LogP contribution in [0.2, 0.25) is 0 Å². The number of ether oxygens (including phenoxy) is 6. The molecule has 3 aliphatic rings. The number of carbonyl (C=O) groups is 1. The van der Waals surface area contributed by atoms with Crippen molar-refractivity contribution >= 4 is 5.97 Å². The van der Waals surface area contributed by atoms with E-state index in [2.05, 4.69) is 13.8 Å². The van der Waals surface area contributed by atoms with Crippen LogP contribution in [0.3, 0.4) is 0 Å². The molecule has 0 amide bonds. The first-order chi connectivity index (χ1) is 23.6. The second-order valence-corrected chi connectivity index (χ2v) is 17.0. The molecule has 0 aromatic carbocycles. The SMILES string of the molecule is CC[C@H]1OC(=O)[C@H](C)[C@@H](O[C@H]2C[C@@](C)(OC)[C@@H](O)[C@H](C)O2)[C@H](C)[C@@H](O[C@@H]2O[C@H](C)C[C@H](N(C)CCO)[C@H]2O)C(C)(O)C[C@@H](C)C[C@H](C)C[C@]1(C)O. The van der Waals surface area contributed by atoms with E-state index < -0.39 is 83.8 Å². The van der Waals surface area contributed by atoms with Crippen molar-refractivity contribution in [2.75, 3.05) is 27.3 Å². The van der Waals surface area contributed by atoms with E-state index in [4.69, 9.17) is 28.4 Å². The maximum absolute atomic E-state index is 14.1. The molecule has 0 aromatic heterocycles. The Kier molecular flexibility index (Phi) is 15.8. The van der Waals surface area contributed by atoms with Gasteiger partial charge in [0.25, 0.3) is 0 Å². The van der Waals surface area contributed by atoms with E-state index in [1.54, 1.807) is 34.6 Å². The summed E-state index contributed by atoms with van der Waals surface area (Å²) in [6.07, 6.45) is -5.29. The number of carbonyl (C=O) groups excluding carboxylic acids is 1. The van der Waals surface area contributed by atoms with E-state index >= 15 is 0 Å². The topological polar surface area (TPSA) is 177 Å². The van der Waals surface area contributed by atoms with Gasteiger partial charge in [0.2, 0.25) is 0 Å². The van der Waals surface area contributed by atoms with Crippen LogP contribution >= 0.6 is 0 Å². The highest BCUT2D eigenvalue weighted by Gasteiger charge is 2.52. The summed E-state index contributed by atoms with van der Waals surface area (Å²) in [6, 6.07) is -0.376. The van der Waals surface area contributed by atoms with Crippen LogP contribution in [0.4, 0.5) is 0 Å². The van der Waals surface area contributed by atoms with Gasteiger partial charge in [-0.05, 0) is 92.5 Å². The summed E-state index contributed by atoms with van der Waals surface area (Å²) in [5.74, 6) is -2.17. The van der Waals surface area contributed by atoms with Crippen molar-refractivity contribution in [3.63, 3.8) is 0 Å². The van der Waals surface area contributed by atoms with Crippen molar-refractivity contribution in [1.82, 2.24) is 4.90 Å². The zero-order chi connectivity index (χ0) is 38.6. The van der Waals surface area contributed by atoms with Crippen LogP contribution in [-0.4, -0.2) is 142 Å². The molecule has 0 saturated carbocycles. The predicted octanol–water partition coefficient (Wildman–Crippen LogP) is 3.00. The molecule has 3 rings (SSSR count). The Labute approximate surface area is 306 Å². The highest BCUT2D eigenvalue weighted by atomic mass is 16.7. The molecular formula is C38H71NO12. The van der Waals surface area contributed by atoms with Gasteiger partial charge in [-0.3, -0.25) is 9.69 Å². The van der Waals surface area contributed by atoms with Gasteiger partial charge < -0.3 is 54.0 Å². The quantitative estimate of drug-likeness (QED) is 0.219. The molecular weight excluding hydrogens is 662 g/mol. The molecule has 13 nitrogen and oxygen atoms in total. The normalized spacial score (nSPS) is 48.2. The lowest BCUT2D eigenvalue weighted by atomic mass is 9.75. The smallest absolute Gasteiger partial charge is 0.311 e. The summed E-state index contributed by atoms with van der Waals surface area (Å²) in [5.41, 5.74) is -3.79. The van der Waals surface area contributed by atoms with Crippen LogP contribution < -0.4 is 0 Å². The summed E-state index contributed by atoms with van der Waals surface area (Å²) in [4.78, 5) is 16.0. The molecule has 3 heterocycles. The highest BCUT2D eigenvalue weighted by Crippen LogP contribution is 2.41. The molecule has 3 saturated heterocycles. The molecule has 0 aromatic rings. The van der Waals surface area contributed by atoms with Gasteiger partial charge in [0.05, 0.1) is 53.7 Å². The first kappa shape index (κ1) is 44.4. The fourth-order valence-electron chi connectivity index (χ4n) is 9.07. The third-order valence-corrected chi connectivity index (χ3v) is 11.8. The highest BCUT2D eigenvalue weighted by molar-refractivity contribution is 5.73. The van der Waals surface area contributed by atoms with Crippen molar-refractivity contribution in [3.8, 4) is 0 Å². The summed E-state index contributed by atoms with van der Waals surface area (Å²) < 4.78 is 37.6. The molecule has 0 spiro atoms. The van der Waals surface area contributed by atoms with E-state index in [1.807, 2.05) is 32.7 Å². The molecule has 1 unspecified atom stereocenters. The van der Waals surface area contributed by atoms with Crippen LogP contribution in [0, 0.1) is 23.7 Å². The Morgan fingerprint density at radius 3 is 2.08 bits per heavy atom. The molecule has 17 atom stereocenters. The van der Waals surface area contributed by atoms with Crippen molar-refractivity contribution in [1.29, 1.82) is 0 Å². The number of aliphatic hydroxyl groups is 5. The molecule has 3 aliphatic heterocycles. The Balaban J connectivity index is 2.12. The van der Waals surface area contributed by atoms with Crippen LogP contribution in [0.1, 0.15) is 108 Å². The predicted molar refractivity (Wildman–Crippen MR) is 191 cm³/mol. The number of cyclic esters (lactones) is 1. The molecule has 3 fully saturated rings. The minimum Gasteiger partial charge on any atom is -0.459 e. The monoisotopic (exact) mass is 733 g/mol. The Morgan fingerprint density at radius 2 is 1.51 bits per heavy atom. The largest absolute Gasteiger partial charge is 0.459 e. The summed E-state index contributed by atoms with van der Waals surface area (Å²) >= 11 is 0. The molecule has 13 heteroatoms. The van der Waals surface area contributed by atoms with Gasteiger partial charge in [-0.2, -0.15) is 0 Å². The van der Waals surface area contributed by atoms with Crippen molar-refractivity contribution in [3.05, 3.63) is 0 Å². The van der Waals surface area contributed by atoms with E-state index in [0.717, 1.165) is 0 Å². The Bertz CT molecular complexity index is 1090. The van der Waals surface area contributed by atoms with Crippen molar-refractivity contribution < 1.29 is 58.7 Å². The maximum Gasteiger partial charge on any atom is 0.311 e. The molecule has 5 N–H and O–H groups in total. The first-order valence-corrected chi connectivity index (χ1v) is 19.1. The lowest BCUT2D eigenvalue weighted by Gasteiger charge is -2.49. The summed E-state index contributed by atoms with van der Waals surface area (Å²) in [5, 5.41) is 56.2. The molecule has 0 bridgehead atoms. The van der Waals surface area contributed by atoms with Gasteiger partial charge in [0.15, 0.2) is 12.6 Å². The van der Waals surface area contributed by atoms with Gasteiger partial charge in [0.1, 0.15) is 18.3 Å². The second-order valence-electron chi connectivity index (χ2n) is 17.0. The van der Waals surface area contributed by atoms with E-state index in [9.17, 15) is 30.3 Å². The van der Waals surface area contributed by atoms with Gasteiger partial charge >= 0.3 is 5.97 Å². The third kappa shape index (κ3) is 10.8. The van der Waals surface area contributed by atoms with Crippen molar-refractivity contribution in [2.24, 2.45) is 23.7 Å². The van der Waals surface area contributed by atoms with Crippen LogP contribution in [0.15, 0.2) is 0 Å². The minimum absolute atomic E-state index is 0.00237. The fourth-order valence-corrected chi connectivity index (χ4v) is 9.07.